The third-order valence-electron chi connectivity index (χ3n) is 3.05. The molecule has 0 spiro atoms. The van der Waals surface area contributed by atoms with Crippen molar-refractivity contribution >= 4 is 11.8 Å². The van der Waals surface area contributed by atoms with E-state index in [-0.39, 0.29) is 0 Å². The third kappa shape index (κ3) is 4.75. The van der Waals surface area contributed by atoms with Crippen LogP contribution in [-0.2, 0) is 0 Å². The Labute approximate surface area is 99.0 Å². The predicted molar refractivity (Wildman–Crippen MR) is 70.4 cm³/mol. The number of thioether (sulfide) groups is 1. The third-order valence-corrected chi connectivity index (χ3v) is 4.35. The van der Waals surface area contributed by atoms with Crippen molar-refractivity contribution in [3.8, 4) is 0 Å². The fraction of sp³-hybridized carbons (Fsp3) is 1.00. The highest BCUT2D eigenvalue weighted by Gasteiger charge is 2.27. The molecule has 90 valence electrons. The highest BCUT2D eigenvalue weighted by Crippen LogP contribution is 2.29. The molecule has 1 saturated heterocycles. The lowest BCUT2D eigenvalue weighted by Gasteiger charge is -2.39. The zero-order valence-corrected chi connectivity index (χ0v) is 11.3. The largest absolute Gasteiger partial charge is 0.330 e. The molecule has 0 aliphatic carbocycles. The van der Waals surface area contributed by atoms with Crippen molar-refractivity contribution in [3.63, 3.8) is 0 Å². The Morgan fingerprint density at radius 2 is 2.20 bits per heavy atom. The molecule has 3 heteroatoms. The van der Waals surface area contributed by atoms with Crippen molar-refractivity contribution in [3.05, 3.63) is 0 Å². The molecule has 0 aromatic carbocycles. The van der Waals surface area contributed by atoms with Crippen molar-refractivity contribution in [2.24, 2.45) is 11.7 Å². The van der Waals surface area contributed by atoms with Gasteiger partial charge in [0.1, 0.15) is 0 Å². The molecule has 0 aromatic heterocycles. The molecule has 1 unspecified atom stereocenters. The summed E-state index contributed by atoms with van der Waals surface area (Å²) in [5.41, 5.74) is 5.81. The first kappa shape index (κ1) is 13.3. The van der Waals surface area contributed by atoms with Crippen LogP contribution in [0.4, 0.5) is 0 Å². The molecule has 0 radical (unpaired) electrons. The van der Waals surface area contributed by atoms with E-state index in [0.29, 0.717) is 10.7 Å². The summed E-state index contributed by atoms with van der Waals surface area (Å²) >= 11 is 2.10. The fourth-order valence-electron chi connectivity index (χ4n) is 2.33. The SMILES string of the molecule is CCCC(CN)CN1CCSC(C)(C)C1. The Hall–Kier alpha value is 0.270. The Morgan fingerprint density at radius 3 is 2.73 bits per heavy atom. The standard InChI is InChI=1S/C12H26N2S/c1-4-5-11(8-13)9-14-6-7-15-12(2,3)10-14/h11H,4-10,13H2,1-3H3. The van der Waals surface area contributed by atoms with Gasteiger partial charge in [-0.05, 0) is 32.7 Å². The first-order chi connectivity index (χ1) is 7.07. The maximum atomic E-state index is 5.81. The summed E-state index contributed by atoms with van der Waals surface area (Å²) in [6.45, 7) is 11.5. The van der Waals surface area contributed by atoms with E-state index in [4.69, 9.17) is 5.73 Å². The van der Waals surface area contributed by atoms with Gasteiger partial charge in [-0.15, -0.1) is 0 Å². The summed E-state index contributed by atoms with van der Waals surface area (Å²) in [5.74, 6) is 1.98. The molecule has 1 rings (SSSR count). The van der Waals surface area contributed by atoms with Crippen LogP contribution in [0.25, 0.3) is 0 Å². The highest BCUT2D eigenvalue weighted by atomic mass is 32.2. The van der Waals surface area contributed by atoms with Crippen molar-refractivity contribution in [1.82, 2.24) is 4.90 Å². The average Bonchev–Trinajstić information content (AvgIpc) is 2.15. The van der Waals surface area contributed by atoms with Gasteiger partial charge in [0.15, 0.2) is 0 Å². The maximum absolute atomic E-state index is 5.81. The molecule has 0 bridgehead atoms. The van der Waals surface area contributed by atoms with E-state index in [2.05, 4.69) is 37.4 Å². The lowest BCUT2D eigenvalue weighted by atomic mass is 10.0. The molecular weight excluding hydrogens is 204 g/mol. The van der Waals surface area contributed by atoms with Crippen molar-refractivity contribution in [1.29, 1.82) is 0 Å². The maximum Gasteiger partial charge on any atom is 0.0231 e. The van der Waals surface area contributed by atoms with Crippen molar-refractivity contribution < 1.29 is 0 Å². The van der Waals surface area contributed by atoms with Gasteiger partial charge < -0.3 is 10.6 Å². The van der Waals surface area contributed by atoms with Crippen LogP contribution in [0.3, 0.4) is 0 Å². The summed E-state index contributed by atoms with van der Waals surface area (Å²) in [5, 5.41) is 0. The average molecular weight is 230 g/mol. The smallest absolute Gasteiger partial charge is 0.0231 e. The summed E-state index contributed by atoms with van der Waals surface area (Å²) in [6, 6.07) is 0. The minimum Gasteiger partial charge on any atom is -0.330 e. The monoisotopic (exact) mass is 230 g/mol. The van der Waals surface area contributed by atoms with E-state index < -0.39 is 0 Å². The van der Waals surface area contributed by atoms with E-state index >= 15 is 0 Å². The van der Waals surface area contributed by atoms with Crippen molar-refractivity contribution in [2.45, 2.75) is 38.4 Å². The van der Waals surface area contributed by atoms with Crippen LogP contribution in [-0.4, -0.2) is 41.6 Å². The Morgan fingerprint density at radius 1 is 1.47 bits per heavy atom. The minimum absolute atomic E-state index is 0.434. The van der Waals surface area contributed by atoms with Crippen LogP contribution in [0, 0.1) is 5.92 Å². The van der Waals surface area contributed by atoms with Crippen LogP contribution < -0.4 is 5.73 Å². The van der Waals surface area contributed by atoms with E-state index in [9.17, 15) is 0 Å². The quantitative estimate of drug-likeness (QED) is 0.785. The Balaban J connectivity index is 2.36. The van der Waals surface area contributed by atoms with Crippen LogP contribution in [0.2, 0.25) is 0 Å². The zero-order chi connectivity index (χ0) is 11.3. The fourth-order valence-corrected chi connectivity index (χ4v) is 3.50. The molecule has 2 nitrogen and oxygen atoms in total. The zero-order valence-electron chi connectivity index (χ0n) is 10.5. The van der Waals surface area contributed by atoms with E-state index in [0.717, 1.165) is 6.54 Å². The summed E-state index contributed by atoms with van der Waals surface area (Å²) < 4.78 is 0.434. The molecule has 2 N–H and O–H groups in total. The molecule has 1 atom stereocenters. The topological polar surface area (TPSA) is 29.3 Å². The van der Waals surface area contributed by atoms with Crippen molar-refractivity contribution in [2.75, 3.05) is 31.9 Å². The normalized spacial score (nSPS) is 24.0. The lowest BCUT2D eigenvalue weighted by Crippen LogP contribution is -2.45. The second-order valence-corrected chi connectivity index (χ2v) is 7.04. The first-order valence-corrected chi connectivity index (χ1v) is 7.12. The second-order valence-electron chi connectivity index (χ2n) is 5.23. The first-order valence-electron chi connectivity index (χ1n) is 6.14. The molecule has 1 aliphatic rings. The van der Waals surface area contributed by atoms with E-state index in [1.165, 1.54) is 38.2 Å². The van der Waals surface area contributed by atoms with E-state index in [1.54, 1.807) is 0 Å². The van der Waals surface area contributed by atoms with Gasteiger partial charge in [0.25, 0.3) is 0 Å². The molecule has 15 heavy (non-hydrogen) atoms. The van der Waals surface area contributed by atoms with Gasteiger partial charge >= 0.3 is 0 Å². The van der Waals surface area contributed by atoms with Gasteiger partial charge in [0, 0.05) is 30.1 Å². The van der Waals surface area contributed by atoms with Crippen LogP contribution in [0.15, 0.2) is 0 Å². The van der Waals surface area contributed by atoms with Gasteiger partial charge in [-0.25, -0.2) is 0 Å². The number of rotatable bonds is 5. The Bertz CT molecular complexity index is 182. The van der Waals surface area contributed by atoms with Gasteiger partial charge in [-0.3, -0.25) is 0 Å². The molecule has 1 aliphatic heterocycles. The summed E-state index contributed by atoms with van der Waals surface area (Å²) in [7, 11) is 0. The predicted octanol–water partition coefficient (Wildman–Crippen LogP) is 2.19. The van der Waals surface area contributed by atoms with Crippen LogP contribution >= 0.6 is 11.8 Å². The summed E-state index contributed by atoms with van der Waals surface area (Å²) in [6.07, 6.45) is 2.54. The molecule has 1 heterocycles. The van der Waals surface area contributed by atoms with Gasteiger partial charge in [-0.2, -0.15) is 11.8 Å². The number of hydrogen-bond donors (Lipinski definition) is 1. The number of hydrogen-bond acceptors (Lipinski definition) is 3. The Kier molecular flexibility index (Phi) is 5.44. The molecular formula is C12H26N2S. The number of nitrogens with two attached hydrogens (primary N) is 1. The molecule has 0 aromatic rings. The molecule has 1 fully saturated rings. The van der Waals surface area contributed by atoms with E-state index in [1.807, 2.05) is 0 Å². The number of nitrogens with zero attached hydrogens (tertiary/aromatic N) is 1. The second kappa shape index (κ2) is 6.12. The molecule has 0 amide bonds. The van der Waals surface area contributed by atoms with Gasteiger partial charge in [-0.1, -0.05) is 13.3 Å². The summed E-state index contributed by atoms with van der Waals surface area (Å²) in [4.78, 5) is 2.60. The minimum atomic E-state index is 0.434. The van der Waals surface area contributed by atoms with Gasteiger partial charge in [0.05, 0.1) is 0 Å². The van der Waals surface area contributed by atoms with Crippen LogP contribution in [0.1, 0.15) is 33.6 Å². The van der Waals surface area contributed by atoms with Crippen LogP contribution in [0.5, 0.6) is 0 Å². The lowest BCUT2D eigenvalue weighted by molar-refractivity contribution is 0.217. The van der Waals surface area contributed by atoms with Gasteiger partial charge in [0.2, 0.25) is 0 Å². The molecule has 0 saturated carbocycles. The highest BCUT2D eigenvalue weighted by molar-refractivity contribution is 8.00.